The Labute approximate surface area is 124 Å². The second-order valence-electron chi connectivity index (χ2n) is 4.41. The monoisotopic (exact) mass is 341 g/mol. The van der Waals surface area contributed by atoms with Crippen molar-refractivity contribution in [1.29, 1.82) is 0 Å². The fraction of sp³-hybridized carbons (Fsp3) is 0.200. The Morgan fingerprint density at radius 3 is 2.35 bits per heavy atom. The minimum Gasteiger partial charge on any atom is -0.497 e. The zero-order valence-corrected chi connectivity index (χ0v) is 12.7. The van der Waals surface area contributed by atoms with Crippen LogP contribution in [0, 0.1) is 11.6 Å². The number of ether oxygens (including phenoxy) is 1. The third-order valence-corrected chi connectivity index (χ3v) is 3.62. The number of hydrogen-bond donors (Lipinski definition) is 1. The maximum Gasteiger partial charge on any atom is 0.126 e. The van der Waals surface area contributed by atoms with Gasteiger partial charge in [-0.25, -0.2) is 8.78 Å². The molecule has 0 radical (unpaired) electrons. The normalized spacial score (nSPS) is 12.1. The highest BCUT2D eigenvalue weighted by Gasteiger charge is 2.11. The topological polar surface area (TPSA) is 21.3 Å². The summed E-state index contributed by atoms with van der Waals surface area (Å²) in [6, 6.07) is 8.72. The van der Waals surface area contributed by atoms with E-state index in [1.165, 1.54) is 12.1 Å². The number of hydrogen-bond acceptors (Lipinski definition) is 2. The number of anilines is 1. The molecule has 20 heavy (non-hydrogen) atoms. The number of halogens is 3. The van der Waals surface area contributed by atoms with E-state index >= 15 is 0 Å². The van der Waals surface area contributed by atoms with Crippen LogP contribution in [0.4, 0.5) is 14.5 Å². The smallest absolute Gasteiger partial charge is 0.126 e. The van der Waals surface area contributed by atoms with Crippen LogP contribution in [-0.4, -0.2) is 7.11 Å². The number of benzene rings is 2. The molecule has 2 aromatic carbocycles. The summed E-state index contributed by atoms with van der Waals surface area (Å²) in [4.78, 5) is 0. The second kappa shape index (κ2) is 6.22. The maximum absolute atomic E-state index is 13.2. The fourth-order valence-electron chi connectivity index (χ4n) is 1.88. The van der Waals surface area contributed by atoms with Crippen LogP contribution in [0.25, 0.3) is 0 Å². The zero-order valence-electron chi connectivity index (χ0n) is 11.1. The molecule has 0 saturated heterocycles. The molecule has 0 bridgehead atoms. The van der Waals surface area contributed by atoms with E-state index in [1.807, 2.05) is 25.1 Å². The molecule has 0 spiro atoms. The van der Waals surface area contributed by atoms with Gasteiger partial charge < -0.3 is 10.1 Å². The third-order valence-electron chi connectivity index (χ3n) is 2.93. The summed E-state index contributed by atoms with van der Waals surface area (Å²) in [5.74, 6) is -0.468. The van der Waals surface area contributed by atoms with Crippen LogP contribution < -0.4 is 10.1 Å². The molecule has 1 atom stereocenters. The van der Waals surface area contributed by atoms with Gasteiger partial charge in [0.1, 0.15) is 17.4 Å². The average Bonchev–Trinajstić information content (AvgIpc) is 2.40. The first-order valence-electron chi connectivity index (χ1n) is 6.05. The summed E-state index contributed by atoms with van der Waals surface area (Å²) in [7, 11) is 1.58. The Balaban J connectivity index is 2.24. The van der Waals surface area contributed by atoms with Crippen LogP contribution in [0.3, 0.4) is 0 Å². The summed E-state index contributed by atoms with van der Waals surface area (Å²) in [6.07, 6.45) is 0. The van der Waals surface area contributed by atoms with Crippen molar-refractivity contribution >= 4 is 21.6 Å². The molecular weight excluding hydrogens is 328 g/mol. The minimum atomic E-state index is -0.585. The second-order valence-corrected chi connectivity index (χ2v) is 5.27. The van der Waals surface area contributed by atoms with Gasteiger partial charge in [0.2, 0.25) is 0 Å². The summed E-state index contributed by atoms with van der Waals surface area (Å²) < 4.78 is 32.5. The van der Waals surface area contributed by atoms with Crippen molar-refractivity contribution in [3.63, 3.8) is 0 Å². The third kappa shape index (κ3) is 3.48. The molecule has 0 saturated carbocycles. The Morgan fingerprint density at radius 1 is 1.10 bits per heavy atom. The quantitative estimate of drug-likeness (QED) is 0.853. The lowest BCUT2D eigenvalue weighted by atomic mass is 10.1. The lowest BCUT2D eigenvalue weighted by Crippen LogP contribution is -2.08. The van der Waals surface area contributed by atoms with Crippen molar-refractivity contribution in [2.75, 3.05) is 12.4 Å². The molecule has 2 rings (SSSR count). The molecular formula is C15H14BrF2NO. The van der Waals surface area contributed by atoms with E-state index in [1.54, 1.807) is 7.11 Å². The maximum atomic E-state index is 13.2. The van der Waals surface area contributed by atoms with Crippen molar-refractivity contribution < 1.29 is 13.5 Å². The first-order valence-corrected chi connectivity index (χ1v) is 6.85. The molecule has 0 amide bonds. The lowest BCUT2D eigenvalue weighted by Gasteiger charge is -2.17. The van der Waals surface area contributed by atoms with E-state index in [4.69, 9.17) is 4.74 Å². The average molecular weight is 342 g/mol. The van der Waals surface area contributed by atoms with E-state index in [-0.39, 0.29) is 6.04 Å². The predicted molar refractivity (Wildman–Crippen MR) is 79.1 cm³/mol. The molecule has 0 heterocycles. The zero-order chi connectivity index (χ0) is 14.7. The summed E-state index contributed by atoms with van der Waals surface area (Å²) in [5, 5.41) is 3.20. The molecule has 1 unspecified atom stereocenters. The first-order chi connectivity index (χ1) is 9.49. The molecule has 0 aliphatic heterocycles. The summed E-state index contributed by atoms with van der Waals surface area (Å²) in [5.41, 5.74) is 1.33. The molecule has 5 heteroatoms. The predicted octanol–water partition coefficient (Wildman–Crippen LogP) is 4.91. The van der Waals surface area contributed by atoms with Gasteiger partial charge in [-0.15, -0.1) is 0 Å². The SMILES string of the molecule is COc1ccc(Br)c(NC(C)c2cc(F)cc(F)c2)c1. The number of rotatable bonds is 4. The molecule has 0 aliphatic rings. The first kappa shape index (κ1) is 14.8. The van der Waals surface area contributed by atoms with E-state index < -0.39 is 11.6 Å². The van der Waals surface area contributed by atoms with Crippen molar-refractivity contribution in [2.24, 2.45) is 0 Å². The largest absolute Gasteiger partial charge is 0.497 e. The van der Waals surface area contributed by atoms with Crippen LogP contribution >= 0.6 is 15.9 Å². The van der Waals surface area contributed by atoms with E-state index in [2.05, 4.69) is 21.2 Å². The van der Waals surface area contributed by atoms with E-state index in [9.17, 15) is 8.78 Å². The van der Waals surface area contributed by atoms with Crippen LogP contribution in [0.2, 0.25) is 0 Å². The highest BCUT2D eigenvalue weighted by Crippen LogP contribution is 2.30. The van der Waals surface area contributed by atoms with Gasteiger partial charge in [0.05, 0.1) is 12.8 Å². The van der Waals surface area contributed by atoms with Crippen LogP contribution in [0.1, 0.15) is 18.5 Å². The van der Waals surface area contributed by atoms with Crippen molar-refractivity contribution in [3.05, 3.63) is 58.1 Å². The minimum absolute atomic E-state index is 0.247. The molecule has 106 valence electrons. The highest BCUT2D eigenvalue weighted by molar-refractivity contribution is 9.10. The Kier molecular flexibility index (Phi) is 4.60. The van der Waals surface area contributed by atoms with Crippen molar-refractivity contribution in [2.45, 2.75) is 13.0 Å². The fourth-order valence-corrected chi connectivity index (χ4v) is 2.24. The van der Waals surface area contributed by atoms with E-state index in [0.29, 0.717) is 11.3 Å². The van der Waals surface area contributed by atoms with Gasteiger partial charge in [-0.05, 0) is 52.7 Å². The van der Waals surface area contributed by atoms with Crippen LogP contribution in [-0.2, 0) is 0 Å². The van der Waals surface area contributed by atoms with Gasteiger partial charge in [0.25, 0.3) is 0 Å². The number of methoxy groups -OCH3 is 1. The van der Waals surface area contributed by atoms with Gasteiger partial charge in [0, 0.05) is 22.6 Å². The van der Waals surface area contributed by atoms with Gasteiger partial charge >= 0.3 is 0 Å². The molecule has 2 aromatic rings. The van der Waals surface area contributed by atoms with Crippen molar-refractivity contribution in [3.8, 4) is 5.75 Å². The molecule has 0 aliphatic carbocycles. The van der Waals surface area contributed by atoms with Crippen LogP contribution in [0.5, 0.6) is 5.75 Å². The molecule has 0 aromatic heterocycles. The summed E-state index contributed by atoms with van der Waals surface area (Å²) >= 11 is 3.42. The Bertz CT molecular complexity index is 599. The molecule has 1 N–H and O–H groups in total. The van der Waals surface area contributed by atoms with Gasteiger partial charge in [0.15, 0.2) is 0 Å². The Morgan fingerprint density at radius 2 is 1.75 bits per heavy atom. The number of nitrogens with one attached hydrogen (secondary N) is 1. The van der Waals surface area contributed by atoms with Gasteiger partial charge in [-0.3, -0.25) is 0 Å². The van der Waals surface area contributed by atoms with E-state index in [0.717, 1.165) is 16.2 Å². The standard InChI is InChI=1S/C15H14BrF2NO/c1-9(10-5-11(17)7-12(18)6-10)19-15-8-13(20-2)3-4-14(15)16/h3-9,19H,1-2H3. The molecule has 2 nitrogen and oxygen atoms in total. The van der Waals surface area contributed by atoms with Crippen molar-refractivity contribution in [1.82, 2.24) is 0 Å². The van der Waals surface area contributed by atoms with Gasteiger partial charge in [-0.2, -0.15) is 0 Å². The lowest BCUT2D eigenvalue weighted by molar-refractivity contribution is 0.415. The van der Waals surface area contributed by atoms with Gasteiger partial charge in [-0.1, -0.05) is 0 Å². The summed E-state index contributed by atoms with van der Waals surface area (Å²) in [6.45, 7) is 1.83. The Hall–Kier alpha value is -1.62. The molecule has 0 fully saturated rings. The highest BCUT2D eigenvalue weighted by atomic mass is 79.9. The van der Waals surface area contributed by atoms with Crippen LogP contribution in [0.15, 0.2) is 40.9 Å².